The quantitative estimate of drug-likeness (QED) is 0.501. The highest BCUT2D eigenvalue weighted by molar-refractivity contribution is 9.18. The van der Waals surface area contributed by atoms with Crippen molar-refractivity contribution in [1.82, 2.24) is 0 Å². The van der Waals surface area contributed by atoms with E-state index in [0.717, 1.165) is 6.20 Å². The summed E-state index contributed by atoms with van der Waals surface area (Å²) in [5, 5.41) is 0. The van der Waals surface area contributed by atoms with E-state index in [1.165, 1.54) is 30.5 Å². The molecule has 0 spiro atoms. The van der Waals surface area contributed by atoms with Gasteiger partial charge in [0.2, 0.25) is 5.78 Å². The van der Waals surface area contributed by atoms with Gasteiger partial charge in [-0.25, -0.2) is 9.38 Å². The second-order valence-corrected chi connectivity index (χ2v) is 6.06. The molecule has 1 heterocycles. The van der Waals surface area contributed by atoms with Crippen LogP contribution in [0.4, 0.5) is 10.1 Å². The molecular formula is C18H20BrFN4O3. The van der Waals surface area contributed by atoms with Crippen molar-refractivity contribution in [2.45, 2.75) is 13.2 Å². The average Bonchev–Trinajstić information content (AvgIpc) is 3.18. The number of allylic oxidation sites excluding steroid dienone is 2. The van der Waals surface area contributed by atoms with Crippen LogP contribution in [0.25, 0.3) is 0 Å². The predicted octanol–water partition coefficient (Wildman–Crippen LogP) is 2.64. The zero-order valence-corrected chi connectivity index (χ0v) is 16.3. The average molecular weight is 439 g/mol. The summed E-state index contributed by atoms with van der Waals surface area (Å²) in [5.74, 6) is -0.961. The molecule has 0 bridgehead atoms. The van der Waals surface area contributed by atoms with Crippen LogP contribution in [0.5, 0.6) is 0 Å². The minimum Gasteiger partial charge on any atom is -0.405 e. The van der Waals surface area contributed by atoms with Gasteiger partial charge in [-0.05, 0) is 53.3 Å². The lowest BCUT2D eigenvalue weighted by Gasteiger charge is -2.13. The molecule has 1 aromatic rings. The Labute approximate surface area is 164 Å². The molecule has 1 aromatic carbocycles. The van der Waals surface area contributed by atoms with Crippen molar-refractivity contribution in [3.8, 4) is 0 Å². The van der Waals surface area contributed by atoms with Crippen molar-refractivity contribution in [3.63, 3.8) is 0 Å². The molecule has 1 aliphatic heterocycles. The standard InChI is InChI=1S/C18H20BrFN4O3/c1-2-23-17(19)13(10-22)16(25)15(5-6-21)24-14-4-3-11(20)9-12(14)18-26-7-8-27-18/h3-6,9-10,18H,2,7-8,21-22H2,1H3. The Morgan fingerprint density at radius 3 is 2.67 bits per heavy atom. The monoisotopic (exact) mass is 438 g/mol. The third-order valence-electron chi connectivity index (χ3n) is 3.52. The number of Topliss-reactive ketones (excluding diaryl/α,β-unsaturated/α-hetero) is 1. The summed E-state index contributed by atoms with van der Waals surface area (Å²) in [4.78, 5) is 21.3. The molecule has 0 aliphatic carbocycles. The maximum absolute atomic E-state index is 13.7. The lowest BCUT2D eigenvalue weighted by atomic mass is 10.1. The number of rotatable bonds is 7. The maximum atomic E-state index is 13.7. The molecule has 4 N–H and O–H groups in total. The minimum atomic E-state index is -0.754. The molecular weight excluding hydrogens is 419 g/mol. The molecule has 1 aliphatic rings. The Bertz CT molecular complexity index is 815. The third kappa shape index (κ3) is 5.31. The molecule has 0 saturated carbocycles. The largest absolute Gasteiger partial charge is 0.405 e. The molecule has 1 fully saturated rings. The first-order valence-electron chi connectivity index (χ1n) is 8.18. The Kier molecular flexibility index (Phi) is 7.83. The first kappa shape index (κ1) is 20.9. The Morgan fingerprint density at radius 2 is 2.07 bits per heavy atom. The zero-order valence-electron chi connectivity index (χ0n) is 14.7. The van der Waals surface area contributed by atoms with Gasteiger partial charge in [-0.2, -0.15) is 0 Å². The van der Waals surface area contributed by atoms with E-state index >= 15 is 0 Å². The summed E-state index contributed by atoms with van der Waals surface area (Å²) in [6, 6.07) is 3.94. The van der Waals surface area contributed by atoms with E-state index < -0.39 is 17.9 Å². The van der Waals surface area contributed by atoms with Crippen molar-refractivity contribution >= 4 is 37.7 Å². The third-order valence-corrected chi connectivity index (χ3v) is 4.20. The molecule has 1 saturated heterocycles. The van der Waals surface area contributed by atoms with Gasteiger partial charge in [0.05, 0.1) is 24.5 Å². The van der Waals surface area contributed by atoms with Crippen LogP contribution in [0.3, 0.4) is 0 Å². The van der Waals surface area contributed by atoms with Gasteiger partial charge in [-0.3, -0.25) is 9.79 Å². The van der Waals surface area contributed by atoms with Crippen LogP contribution < -0.4 is 11.5 Å². The Hall–Kier alpha value is -2.36. The van der Waals surface area contributed by atoms with Gasteiger partial charge in [0.25, 0.3) is 0 Å². The van der Waals surface area contributed by atoms with E-state index in [1.54, 1.807) is 0 Å². The normalized spacial score (nSPS) is 17.1. The van der Waals surface area contributed by atoms with Crippen LogP contribution in [-0.2, 0) is 14.3 Å². The number of carbonyl (C=O) groups excluding carboxylic acids is 1. The van der Waals surface area contributed by atoms with Crippen molar-refractivity contribution in [2.24, 2.45) is 21.5 Å². The van der Waals surface area contributed by atoms with Crippen LogP contribution in [0.15, 0.2) is 52.2 Å². The predicted molar refractivity (Wildman–Crippen MR) is 106 cm³/mol. The van der Waals surface area contributed by atoms with Gasteiger partial charge >= 0.3 is 0 Å². The molecule has 27 heavy (non-hydrogen) atoms. The summed E-state index contributed by atoms with van der Waals surface area (Å²) in [6.07, 6.45) is 2.90. The first-order valence-corrected chi connectivity index (χ1v) is 8.97. The number of ether oxygens (including phenoxy) is 2. The van der Waals surface area contributed by atoms with Crippen LogP contribution in [0.1, 0.15) is 18.8 Å². The maximum Gasteiger partial charge on any atom is 0.215 e. The summed E-state index contributed by atoms with van der Waals surface area (Å²) in [5.41, 5.74) is 11.9. The molecule has 0 atom stereocenters. The van der Waals surface area contributed by atoms with Gasteiger partial charge in [-0.1, -0.05) is 0 Å². The molecule has 2 rings (SSSR count). The summed E-state index contributed by atoms with van der Waals surface area (Å²) < 4.78 is 24.9. The SMILES string of the molecule is CCN=C(Br)C(=CN)C(=O)C(C=CN)=Nc1ccc(F)cc1C1OCCO1. The van der Waals surface area contributed by atoms with Crippen LogP contribution >= 0.6 is 15.9 Å². The molecule has 0 unspecified atom stereocenters. The smallest absolute Gasteiger partial charge is 0.215 e. The lowest BCUT2D eigenvalue weighted by molar-refractivity contribution is -0.109. The second-order valence-electron chi connectivity index (χ2n) is 5.31. The van der Waals surface area contributed by atoms with Crippen LogP contribution in [0.2, 0.25) is 0 Å². The summed E-state index contributed by atoms with van der Waals surface area (Å²) >= 11 is 3.23. The van der Waals surface area contributed by atoms with Gasteiger partial charge in [-0.15, -0.1) is 0 Å². The number of ketones is 1. The molecule has 0 amide bonds. The summed E-state index contributed by atoms with van der Waals surface area (Å²) in [7, 11) is 0. The zero-order chi connectivity index (χ0) is 19.8. The fourth-order valence-corrected chi connectivity index (χ4v) is 2.90. The van der Waals surface area contributed by atoms with Gasteiger partial charge in [0.1, 0.15) is 16.1 Å². The van der Waals surface area contributed by atoms with Crippen molar-refractivity contribution < 1.29 is 18.7 Å². The Balaban J connectivity index is 2.49. The number of hydrogen-bond donors (Lipinski definition) is 2. The lowest BCUT2D eigenvalue weighted by Crippen LogP contribution is -2.20. The Morgan fingerprint density at radius 1 is 1.37 bits per heavy atom. The van der Waals surface area contributed by atoms with E-state index in [9.17, 15) is 9.18 Å². The first-order chi connectivity index (χ1) is 13.0. The van der Waals surface area contributed by atoms with Gasteiger partial charge < -0.3 is 20.9 Å². The number of hydrogen-bond acceptors (Lipinski definition) is 7. The number of carbonyl (C=O) groups is 1. The highest BCUT2D eigenvalue weighted by atomic mass is 79.9. The topological polar surface area (TPSA) is 112 Å². The fourth-order valence-electron chi connectivity index (χ4n) is 2.34. The second kappa shape index (κ2) is 10.1. The fraction of sp³-hybridized carbons (Fsp3) is 0.278. The van der Waals surface area contributed by atoms with Crippen molar-refractivity contribution in [2.75, 3.05) is 19.8 Å². The van der Waals surface area contributed by atoms with E-state index in [4.69, 9.17) is 20.9 Å². The number of benzene rings is 1. The molecule has 0 aromatic heterocycles. The van der Waals surface area contributed by atoms with Crippen molar-refractivity contribution in [3.05, 3.63) is 53.6 Å². The van der Waals surface area contributed by atoms with E-state index in [1.807, 2.05) is 6.92 Å². The molecule has 9 heteroatoms. The molecule has 0 radical (unpaired) electrons. The number of nitrogens with zero attached hydrogens (tertiary/aromatic N) is 2. The molecule has 7 nitrogen and oxygen atoms in total. The molecule has 144 valence electrons. The van der Waals surface area contributed by atoms with Gasteiger partial charge in [0.15, 0.2) is 6.29 Å². The number of nitrogens with two attached hydrogens (primary N) is 2. The van der Waals surface area contributed by atoms with Gasteiger partial charge in [0, 0.05) is 18.3 Å². The highest BCUT2D eigenvalue weighted by Gasteiger charge is 2.24. The van der Waals surface area contributed by atoms with Crippen molar-refractivity contribution in [1.29, 1.82) is 0 Å². The number of halogens is 2. The van der Waals surface area contributed by atoms with E-state index in [-0.39, 0.29) is 11.3 Å². The highest BCUT2D eigenvalue weighted by Crippen LogP contribution is 2.32. The van der Waals surface area contributed by atoms with E-state index in [2.05, 4.69) is 25.9 Å². The van der Waals surface area contributed by atoms with Crippen LogP contribution in [-0.4, -0.2) is 35.9 Å². The minimum absolute atomic E-state index is 0.00306. The number of aliphatic imine (C=N–C) groups is 2. The van der Waals surface area contributed by atoms with Crippen LogP contribution in [0, 0.1) is 5.82 Å². The van der Waals surface area contributed by atoms with E-state index in [0.29, 0.717) is 35.6 Å². The summed E-state index contributed by atoms with van der Waals surface area (Å²) in [6.45, 7) is 3.06.